The van der Waals surface area contributed by atoms with Crippen LogP contribution in [0.5, 0.6) is 17.2 Å². The van der Waals surface area contributed by atoms with E-state index in [0.29, 0.717) is 17.9 Å². The smallest absolute Gasteiger partial charge is 0.164 e. The first-order valence-corrected chi connectivity index (χ1v) is 19.5. The van der Waals surface area contributed by atoms with Gasteiger partial charge in [0.15, 0.2) is 11.5 Å². The lowest BCUT2D eigenvalue weighted by atomic mass is 9.76. The summed E-state index contributed by atoms with van der Waals surface area (Å²) in [6, 6.07) is 14.3. The molecular weight excluding hydrogens is 633 g/mol. The third kappa shape index (κ3) is 7.85. The summed E-state index contributed by atoms with van der Waals surface area (Å²) in [4.78, 5) is 9.97. The highest BCUT2D eigenvalue weighted by Gasteiger charge is 2.28. The van der Waals surface area contributed by atoms with Gasteiger partial charge in [-0.3, -0.25) is 14.8 Å². The minimum atomic E-state index is 0.172. The maximum atomic E-state index is 5.97. The molecule has 3 heterocycles. The number of piperidine rings is 1. The van der Waals surface area contributed by atoms with Gasteiger partial charge in [-0.2, -0.15) is 0 Å². The Labute approximate surface area is 306 Å². The zero-order valence-corrected chi connectivity index (χ0v) is 31.5. The largest absolute Gasteiger partial charge is 0.496 e. The van der Waals surface area contributed by atoms with Crippen molar-refractivity contribution in [1.82, 2.24) is 20.1 Å². The van der Waals surface area contributed by atoms with Crippen LogP contribution in [0.3, 0.4) is 0 Å². The van der Waals surface area contributed by atoms with Gasteiger partial charge in [0.25, 0.3) is 0 Å². The number of nitrogens with zero attached hydrogens (tertiary/aromatic N) is 3. The fourth-order valence-electron chi connectivity index (χ4n) is 8.61. The molecule has 4 aliphatic rings. The molecular formula is C44H58N4O3. The Morgan fingerprint density at radius 2 is 1.61 bits per heavy atom. The summed E-state index contributed by atoms with van der Waals surface area (Å²) in [7, 11) is 7.58. The molecule has 2 aliphatic heterocycles. The highest BCUT2D eigenvalue weighted by atomic mass is 16.5. The van der Waals surface area contributed by atoms with Gasteiger partial charge in [-0.25, -0.2) is 0 Å². The minimum absolute atomic E-state index is 0.172. The van der Waals surface area contributed by atoms with E-state index in [1.165, 1.54) is 84.8 Å². The van der Waals surface area contributed by atoms with Crippen molar-refractivity contribution in [3.63, 3.8) is 0 Å². The van der Waals surface area contributed by atoms with E-state index >= 15 is 0 Å². The first-order chi connectivity index (χ1) is 25.0. The lowest BCUT2D eigenvalue weighted by Crippen LogP contribution is -2.43. The van der Waals surface area contributed by atoms with Gasteiger partial charge in [0.05, 0.1) is 33.1 Å². The monoisotopic (exact) mass is 690 g/mol. The van der Waals surface area contributed by atoms with Crippen molar-refractivity contribution in [1.29, 1.82) is 0 Å². The van der Waals surface area contributed by atoms with Gasteiger partial charge in [0.2, 0.25) is 0 Å². The van der Waals surface area contributed by atoms with Gasteiger partial charge < -0.3 is 19.5 Å². The molecule has 0 spiro atoms. The van der Waals surface area contributed by atoms with Crippen LogP contribution in [0, 0.1) is 0 Å². The molecule has 2 aliphatic carbocycles. The molecule has 3 aromatic rings. The predicted molar refractivity (Wildman–Crippen MR) is 207 cm³/mol. The zero-order valence-electron chi connectivity index (χ0n) is 31.5. The number of methoxy groups -OCH3 is 3. The molecule has 1 N–H and O–H groups in total. The van der Waals surface area contributed by atoms with E-state index in [1.54, 1.807) is 14.2 Å². The summed E-state index contributed by atoms with van der Waals surface area (Å²) in [6.07, 6.45) is 21.0. The van der Waals surface area contributed by atoms with E-state index in [-0.39, 0.29) is 6.04 Å². The summed E-state index contributed by atoms with van der Waals surface area (Å²) in [5, 5.41) is 3.64. The number of hydrogen-bond acceptors (Lipinski definition) is 7. The summed E-state index contributed by atoms with van der Waals surface area (Å²) in [5.74, 6) is 3.95. The number of benzene rings is 2. The molecule has 1 atom stereocenters. The van der Waals surface area contributed by atoms with Crippen molar-refractivity contribution in [2.24, 2.45) is 0 Å². The summed E-state index contributed by atoms with van der Waals surface area (Å²) in [6.45, 7) is 6.40. The second kappa shape index (κ2) is 16.2. The van der Waals surface area contributed by atoms with Crippen LogP contribution in [0.25, 0.3) is 11.3 Å². The molecule has 51 heavy (non-hydrogen) atoms. The first-order valence-electron chi connectivity index (χ1n) is 19.5. The highest BCUT2D eigenvalue weighted by Crippen LogP contribution is 2.47. The maximum Gasteiger partial charge on any atom is 0.164 e. The van der Waals surface area contributed by atoms with Crippen LogP contribution in [-0.2, 0) is 13.0 Å². The molecule has 2 saturated carbocycles. The van der Waals surface area contributed by atoms with E-state index in [1.807, 2.05) is 13.3 Å². The molecule has 1 unspecified atom stereocenters. The fraction of sp³-hybridized carbons (Fsp3) is 0.523. The van der Waals surface area contributed by atoms with Crippen molar-refractivity contribution in [2.45, 2.75) is 102 Å². The summed E-state index contributed by atoms with van der Waals surface area (Å²) < 4.78 is 17.5. The third-order valence-electron chi connectivity index (χ3n) is 12.0. The van der Waals surface area contributed by atoms with Crippen LogP contribution in [0.15, 0.2) is 66.5 Å². The molecule has 0 radical (unpaired) electrons. The molecule has 272 valence electrons. The van der Waals surface area contributed by atoms with Crippen molar-refractivity contribution >= 4 is 0 Å². The van der Waals surface area contributed by atoms with Gasteiger partial charge in [-0.15, -0.1) is 0 Å². The lowest BCUT2D eigenvalue weighted by molar-refractivity contribution is 0.129. The van der Waals surface area contributed by atoms with Crippen LogP contribution >= 0.6 is 0 Å². The SMILES string of the molecule is CCCc1c(OC)cc(C2C=C(CN3CCC(N(C)Cc4ccnc(-c5cc(OC)c(OC)c(C6CCC6)c5)c4)CC3)C=CN2)cc1C1CCC1. The number of rotatable bonds is 14. The van der Waals surface area contributed by atoms with Gasteiger partial charge in [0, 0.05) is 36.5 Å². The van der Waals surface area contributed by atoms with Crippen molar-refractivity contribution < 1.29 is 14.2 Å². The summed E-state index contributed by atoms with van der Waals surface area (Å²) in [5.41, 5.74) is 10.3. The van der Waals surface area contributed by atoms with E-state index in [2.05, 4.69) is 83.8 Å². The molecule has 0 amide bonds. The topological polar surface area (TPSA) is 59.1 Å². The Morgan fingerprint density at radius 3 is 2.27 bits per heavy atom. The van der Waals surface area contributed by atoms with Crippen LogP contribution in [0.4, 0.5) is 0 Å². The fourth-order valence-corrected chi connectivity index (χ4v) is 8.61. The minimum Gasteiger partial charge on any atom is -0.496 e. The van der Waals surface area contributed by atoms with E-state index < -0.39 is 0 Å². The van der Waals surface area contributed by atoms with Crippen LogP contribution < -0.4 is 19.5 Å². The number of hydrogen-bond donors (Lipinski definition) is 1. The molecule has 1 saturated heterocycles. The van der Waals surface area contributed by atoms with Gasteiger partial charge in [-0.1, -0.05) is 38.3 Å². The van der Waals surface area contributed by atoms with Gasteiger partial charge in [0.1, 0.15) is 5.75 Å². The van der Waals surface area contributed by atoms with E-state index in [4.69, 9.17) is 19.2 Å². The Hall–Kier alpha value is -3.81. The normalized spacial score (nSPS) is 20.0. The van der Waals surface area contributed by atoms with Gasteiger partial charge >= 0.3 is 0 Å². The first kappa shape index (κ1) is 35.6. The Bertz CT molecular complexity index is 1720. The van der Waals surface area contributed by atoms with Crippen molar-refractivity contribution in [3.05, 3.63) is 94.3 Å². The van der Waals surface area contributed by atoms with E-state index in [9.17, 15) is 0 Å². The zero-order chi connectivity index (χ0) is 35.3. The molecule has 7 heteroatoms. The predicted octanol–water partition coefficient (Wildman–Crippen LogP) is 8.94. The quantitative estimate of drug-likeness (QED) is 0.181. The van der Waals surface area contributed by atoms with Crippen molar-refractivity contribution in [3.8, 4) is 28.5 Å². The standard InChI is InChI=1S/C44H58N4O3/c1-6-9-37-38(32-10-7-11-32)24-34(26-42(37)49-3)41-23-31(15-19-46-41)29-48-20-16-36(17-21-48)47(2)28-30-14-18-45-40(22-30)35-25-39(33-12-8-13-33)44(51-5)43(27-35)50-4/h14-15,18-19,22-27,32-33,36,41,46H,6-13,16-17,20-21,28-29H2,1-5H3. The van der Waals surface area contributed by atoms with E-state index in [0.717, 1.165) is 67.5 Å². The lowest BCUT2D eigenvalue weighted by Gasteiger charge is -2.37. The number of pyridine rings is 1. The van der Waals surface area contributed by atoms with Crippen LogP contribution in [0.2, 0.25) is 0 Å². The van der Waals surface area contributed by atoms with Crippen molar-refractivity contribution in [2.75, 3.05) is 48.0 Å². The summed E-state index contributed by atoms with van der Waals surface area (Å²) >= 11 is 0. The second-order valence-electron chi connectivity index (χ2n) is 15.3. The van der Waals surface area contributed by atoms with Gasteiger partial charge in [-0.05, 0) is 147 Å². The number of nitrogens with one attached hydrogen (secondary N) is 1. The number of aromatic nitrogens is 1. The molecule has 3 fully saturated rings. The molecule has 2 aromatic carbocycles. The Morgan fingerprint density at radius 1 is 0.863 bits per heavy atom. The maximum absolute atomic E-state index is 5.97. The molecule has 7 rings (SSSR count). The highest BCUT2D eigenvalue weighted by molar-refractivity contribution is 5.67. The number of likely N-dealkylation sites (tertiary alicyclic amines) is 1. The molecule has 0 bridgehead atoms. The Kier molecular flexibility index (Phi) is 11.3. The number of dihydropyridines is 1. The second-order valence-corrected chi connectivity index (χ2v) is 15.3. The number of ether oxygens (including phenoxy) is 3. The average molecular weight is 691 g/mol. The Balaban J connectivity index is 0.969. The third-order valence-corrected chi connectivity index (χ3v) is 12.0. The molecule has 7 nitrogen and oxygen atoms in total. The molecule has 1 aromatic heterocycles. The van der Waals surface area contributed by atoms with Crippen LogP contribution in [-0.4, -0.2) is 68.8 Å². The van der Waals surface area contributed by atoms with Crippen LogP contribution in [0.1, 0.15) is 110 Å². The average Bonchev–Trinajstić information content (AvgIpc) is 3.11.